The van der Waals surface area contributed by atoms with E-state index in [1.54, 1.807) is 4.57 Å². The molecule has 3 heterocycles. The van der Waals surface area contributed by atoms with Gasteiger partial charge in [0.05, 0.1) is 6.33 Å². The molecule has 4 rings (SSSR count). The fourth-order valence-electron chi connectivity index (χ4n) is 3.87. The SMILES string of the molecule is CC(C)N(CC1OC(n2cnc3c(N)ncnc32)C(O)C1O)C1CCC1. The second-order valence-electron chi connectivity index (χ2n) is 7.50. The molecule has 1 saturated carbocycles. The van der Waals surface area contributed by atoms with Crippen LogP contribution < -0.4 is 5.73 Å². The first-order chi connectivity index (χ1) is 12.5. The van der Waals surface area contributed by atoms with Gasteiger partial charge in [-0.15, -0.1) is 0 Å². The van der Waals surface area contributed by atoms with Gasteiger partial charge in [-0.25, -0.2) is 15.0 Å². The van der Waals surface area contributed by atoms with Crippen molar-refractivity contribution < 1.29 is 14.9 Å². The summed E-state index contributed by atoms with van der Waals surface area (Å²) in [6, 6.07) is 0.887. The maximum atomic E-state index is 10.6. The quantitative estimate of drug-likeness (QED) is 0.694. The largest absolute Gasteiger partial charge is 0.387 e. The van der Waals surface area contributed by atoms with Gasteiger partial charge in [0.15, 0.2) is 17.7 Å². The van der Waals surface area contributed by atoms with Crippen LogP contribution in [0.2, 0.25) is 0 Å². The molecule has 26 heavy (non-hydrogen) atoms. The van der Waals surface area contributed by atoms with Crippen LogP contribution in [0.4, 0.5) is 5.82 Å². The summed E-state index contributed by atoms with van der Waals surface area (Å²) in [4.78, 5) is 14.7. The maximum Gasteiger partial charge on any atom is 0.167 e. The van der Waals surface area contributed by atoms with Crippen LogP contribution in [0.3, 0.4) is 0 Å². The van der Waals surface area contributed by atoms with Crippen molar-refractivity contribution in [2.24, 2.45) is 0 Å². The number of nitrogens with two attached hydrogens (primary N) is 1. The summed E-state index contributed by atoms with van der Waals surface area (Å²) in [5.41, 5.74) is 6.76. The van der Waals surface area contributed by atoms with E-state index in [1.165, 1.54) is 31.9 Å². The fraction of sp³-hybridized carbons (Fsp3) is 0.706. The Morgan fingerprint density at radius 1 is 1.27 bits per heavy atom. The Hall–Kier alpha value is -1.81. The molecule has 0 amide bonds. The Morgan fingerprint density at radius 2 is 2.04 bits per heavy atom. The molecule has 2 aromatic rings. The van der Waals surface area contributed by atoms with Gasteiger partial charge >= 0.3 is 0 Å². The molecule has 1 aliphatic heterocycles. The van der Waals surface area contributed by atoms with E-state index in [4.69, 9.17) is 10.5 Å². The number of aliphatic hydroxyl groups is 2. The lowest BCUT2D eigenvalue weighted by Crippen LogP contribution is -2.50. The van der Waals surface area contributed by atoms with Gasteiger partial charge in [-0.2, -0.15) is 0 Å². The van der Waals surface area contributed by atoms with E-state index in [1.807, 2.05) is 0 Å². The second-order valence-corrected chi connectivity index (χ2v) is 7.50. The monoisotopic (exact) mass is 362 g/mol. The van der Waals surface area contributed by atoms with Crippen molar-refractivity contribution in [2.75, 3.05) is 12.3 Å². The minimum absolute atomic E-state index is 0.273. The molecular weight excluding hydrogens is 336 g/mol. The van der Waals surface area contributed by atoms with Crippen molar-refractivity contribution >= 4 is 17.0 Å². The Bertz CT molecular complexity index is 777. The first-order valence-electron chi connectivity index (χ1n) is 9.17. The van der Waals surface area contributed by atoms with Crippen LogP contribution in [0.5, 0.6) is 0 Å². The third-order valence-corrected chi connectivity index (χ3v) is 5.60. The number of anilines is 1. The van der Waals surface area contributed by atoms with E-state index in [9.17, 15) is 10.2 Å². The summed E-state index contributed by atoms with van der Waals surface area (Å²) in [7, 11) is 0. The van der Waals surface area contributed by atoms with Crippen molar-refractivity contribution in [3.05, 3.63) is 12.7 Å². The zero-order valence-corrected chi connectivity index (χ0v) is 15.1. The minimum atomic E-state index is -1.07. The molecule has 2 fully saturated rings. The van der Waals surface area contributed by atoms with Gasteiger partial charge in [-0.05, 0) is 26.7 Å². The Kier molecular flexibility index (Phi) is 4.55. The number of hydrogen-bond donors (Lipinski definition) is 3. The van der Waals surface area contributed by atoms with Gasteiger partial charge in [0.25, 0.3) is 0 Å². The van der Waals surface area contributed by atoms with E-state index in [-0.39, 0.29) is 5.82 Å². The average Bonchev–Trinajstić information content (AvgIpc) is 3.10. The highest BCUT2D eigenvalue weighted by Gasteiger charge is 2.45. The van der Waals surface area contributed by atoms with Crippen molar-refractivity contribution in [2.45, 2.75) is 69.7 Å². The molecule has 0 spiro atoms. The van der Waals surface area contributed by atoms with Crippen LogP contribution in [-0.4, -0.2) is 71.6 Å². The molecule has 0 aromatic carbocycles. The minimum Gasteiger partial charge on any atom is -0.387 e. The van der Waals surface area contributed by atoms with Crippen molar-refractivity contribution in [1.82, 2.24) is 24.4 Å². The number of aliphatic hydroxyl groups excluding tert-OH is 2. The highest BCUT2D eigenvalue weighted by molar-refractivity contribution is 5.81. The fourth-order valence-corrected chi connectivity index (χ4v) is 3.87. The van der Waals surface area contributed by atoms with Gasteiger partial charge < -0.3 is 20.7 Å². The normalized spacial score (nSPS) is 29.8. The number of aromatic nitrogens is 4. The van der Waals surface area contributed by atoms with Crippen LogP contribution in [0.25, 0.3) is 11.2 Å². The highest BCUT2D eigenvalue weighted by atomic mass is 16.6. The third kappa shape index (κ3) is 2.84. The van der Waals surface area contributed by atoms with Crippen molar-refractivity contribution in [1.29, 1.82) is 0 Å². The average molecular weight is 362 g/mol. The summed E-state index contributed by atoms with van der Waals surface area (Å²) < 4.78 is 7.67. The molecule has 1 saturated heterocycles. The van der Waals surface area contributed by atoms with E-state index in [0.29, 0.717) is 29.8 Å². The van der Waals surface area contributed by atoms with Crippen LogP contribution >= 0.6 is 0 Å². The first-order valence-corrected chi connectivity index (χ1v) is 9.17. The topological polar surface area (TPSA) is 123 Å². The number of imidazole rings is 1. The molecule has 2 aromatic heterocycles. The summed E-state index contributed by atoms with van der Waals surface area (Å²) in [6.45, 7) is 4.88. The Morgan fingerprint density at radius 3 is 2.69 bits per heavy atom. The lowest BCUT2D eigenvalue weighted by molar-refractivity contribution is -0.0569. The number of hydrogen-bond acceptors (Lipinski definition) is 8. The molecule has 142 valence electrons. The molecule has 0 radical (unpaired) electrons. The van der Waals surface area contributed by atoms with Gasteiger partial charge in [-0.3, -0.25) is 9.47 Å². The van der Waals surface area contributed by atoms with Crippen LogP contribution in [0.1, 0.15) is 39.3 Å². The van der Waals surface area contributed by atoms with Gasteiger partial charge in [0.1, 0.15) is 30.2 Å². The molecule has 4 unspecified atom stereocenters. The zero-order chi connectivity index (χ0) is 18.4. The van der Waals surface area contributed by atoms with Crippen LogP contribution in [0, 0.1) is 0 Å². The smallest absolute Gasteiger partial charge is 0.167 e. The molecular formula is C17H26N6O3. The first kappa shape index (κ1) is 17.6. The summed E-state index contributed by atoms with van der Waals surface area (Å²) in [5.74, 6) is 0.273. The molecule has 9 nitrogen and oxygen atoms in total. The predicted octanol–water partition coefficient (Wildman–Crippen LogP) is 0.291. The molecule has 1 aliphatic carbocycles. The van der Waals surface area contributed by atoms with Crippen molar-refractivity contribution in [3.63, 3.8) is 0 Å². The third-order valence-electron chi connectivity index (χ3n) is 5.60. The van der Waals surface area contributed by atoms with E-state index >= 15 is 0 Å². The van der Waals surface area contributed by atoms with Crippen LogP contribution in [-0.2, 0) is 4.74 Å². The number of nitrogens with zero attached hydrogens (tertiary/aromatic N) is 5. The number of ether oxygens (including phenoxy) is 1. The standard InChI is InChI=1S/C17H26N6O3/c1-9(2)22(10-4-3-5-10)6-11-13(24)14(25)17(26-11)23-8-21-12-15(18)19-7-20-16(12)23/h7-11,13-14,17,24-25H,3-6H2,1-2H3,(H2,18,19,20). The lowest BCUT2D eigenvalue weighted by atomic mass is 9.90. The van der Waals surface area contributed by atoms with E-state index in [2.05, 4.69) is 33.7 Å². The van der Waals surface area contributed by atoms with Gasteiger partial charge in [0, 0.05) is 18.6 Å². The van der Waals surface area contributed by atoms with E-state index in [0.717, 1.165) is 0 Å². The number of fused-ring (bicyclic) bond motifs is 1. The summed E-state index contributed by atoms with van der Waals surface area (Å²) in [6.07, 6.45) is 3.19. The predicted molar refractivity (Wildman–Crippen MR) is 95.1 cm³/mol. The lowest BCUT2D eigenvalue weighted by Gasteiger charge is -2.41. The van der Waals surface area contributed by atoms with Crippen LogP contribution in [0.15, 0.2) is 12.7 Å². The molecule has 4 N–H and O–H groups in total. The van der Waals surface area contributed by atoms with Gasteiger partial charge in [0.2, 0.25) is 0 Å². The Balaban J connectivity index is 1.56. The molecule has 9 heteroatoms. The molecule has 0 bridgehead atoms. The maximum absolute atomic E-state index is 10.6. The number of rotatable bonds is 5. The number of nitrogen functional groups attached to an aromatic ring is 1. The summed E-state index contributed by atoms with van der Waals surface area (Å²) >= 11 is 0. The van der Waals surface area contributed by atoms with E-state index < -0.39 is 24.5 Å². The molecule has 4 atom stereocenters. The van der Waals surface area contributed by atoms with Crippen molar-refractivity contribution in [3.8, 4) is 0 Å². The van der Waals surface area contributed by atoms with Gasteiger partial charge in [-0.1, -0.05) is 6.42 Å². The molecule has 2 aliphatic rings. The second kappa shape index (κ2) is 6.73. The highest BCUT2D eigenvalue weighted by Crippen LogP contribution is 2.34. The zero-order valence-electron chi connectivity index (χ0n) is 15.1. The Labute approximate surface area is 151 Å². The summed E-state index contributed by atoms with van der Waals surface area (Å²) in [5, 5.41) is 21.1.